The van der Waals surface area contributed by atoms with E-state index in [0.717, 1.165) is 96.7 Å². The van der Waals surface area contributed by atoms with Gasteiger partial charge in [0.15, 0.2) is 0 Å². The van der Waals surface area contributed by atoms with E-state index in [-0.39, 0.29) is 0 Å². The van der Waals surface area contributed by atoms with Crippen molar-refractivity contribution in [3.05, 3.63) is 106 Å². The number of rotatable bonds is 8. The van der Waals surface area contributed by atoms with Crippen LogP contribution in [0.15, 0.2) is 60.7 Å². The number of H-pyrrole nitrogens is 2. The lowest BCUT2D eigenvalue weighted by Gasteiger charge is -2.29. The quantitative estimate of drug-likeness (QED) is 0.164. The van der Waals surface area contributed by atoms with Gasteiger partial charge in [-0.1, -0.05) is 52.0 Å². The lowest BCUT2D eigenvalue weighted by Crippen LogP contribution is -2.29. The summed E-state index contributed by atoms with van der Waals surface area (Å²) >= 11 is 0. The fourth-order valence-electron chi connectivity index (χ4n) is 10.9. The Kier molecular flexibility index (Phi) is 11.1. The molecule has 3 aromatic heterocycles. The molecule has 6 heteroatoms. The van der Waals surface area contributed by atoms with Gasteiger partial charge in [-0.05, 0) is 184 Å². The van der Waals surface area contributed by atoms with Crippen molar-refractivity contribution in [3.8, 4) is 22.3 Å². The maximum atomic E-state index is 5.66. The number of fused-ring (bicyclic) bond motifs is 8. The number of aryl methyl sites for hydroxylation is 4. The van der Waals surface area contributed by atoms with Gasteiger partial charge in [0.2, 0.25) is 0 Å². The highest BCUT2D eigenvalue weighted by Gasteiger charge is 2.26. The van der Waals surface area contributed by atoms with E-state index in [2.05, 4.69) is 136 Å². The van der Waals surface area contributed by atoms with Crippen LogP contribution in [-0.4, -0.2) is 46.1 Å². The molecule has 2 aromatic carbocycles. The Balaban J connectivity index is 1.38. The van der Waals surface area contributed by atoms with Crippen molar-refractivity contribution in [3.63, 3.8) is 0 Å². The number of allylic oxidation sites excluding steroid dienone is 4. The summed E-state index contributed by atoms with van der Waals surface area (Å²) in [7, 11) is 0. The average Bonchev–Trinajstić information content (AvgIpc) is 3.97. The molecule has 0 radical (unpaired) electrons. The predicted octanol–water partition coefficient (Wildman–Crippen LogP) is 14.1. The molecule has 0 atom stereocenters. The first-order chi connectivity index (χ1) is 29.2. The summed E-state index contributed by atoms with van der Waals surface area (Å²) in [4.78, 5) is 24.5. The first kappa shape index (κ1) is 40.1. The molecule has 0 spiro atoms. The van der Waals surface area contributed by atoms with E-state index in [9.17, 15) is 0 Å². The van der Waals surface area contributed by atoms with Gasteiger partial charge >= 0.3 is 0 Å². The van der Waals surface area contributed by atoms with Gasteiger partial charge in [-0.2, -0.15) is 0 Å². The van der Waals surface area contributed by atoms with E-state index in [1.807, 2.05) is 0 Å². The third-order valence-corrected chi connectivity index (χ3v) is 14.2. The van der Waals surface area contributed by atoms with Crippen LogP contribution in [-0.2, 0) is 12.8 Å². The number of hydrogen-bond acceptors (Lipinski definition) is 4. The minimum absolute atomic E-state index is 0.905. The molecule has 2 saturated heterocycles. The van der Waals surface area contributed by atoms with E-state index in [1.54, 1.807) is 0 Å². The zero-order chi connectivity index (χ0) is 41.7. The summed E-state index contributed by atoms with van der Waals surface area (Å²) in [5.41, 5.74) is 26.6. The molecule has 60 heavy (non-hydrogen) atoms. The summed E-state index contributed by atoms with van der Waals surface area (Å²) in [6, 6.07) is 23.4. The molecule has 8 bridgehead atoms. The second-order valence-corrected chi connectivity index (χ2v) is 17.6. The average molecular weight is 797 g/mol. The third-order valence-electron chi connectivity index (χ3n) is 14.2. The smallest absolute Gasteiger partial charge is 0.0769 e. The Morgan fingerprint density at radius 1 is 0.483 bits per heavy atom. The van der Waals surface area contributed by atoms with Gasteiger partial charge in [0.1, 0.15) is 0 Å². The first-order valence-corrected chi connectivity index (χ1v) is 23.1. The van der Waals surface area contributed by atoms with E-state index < -0.39 is 0 Å². The third kappa shape index (κ3) is 6.90. The number of nitrogens with one attached hydrogen (secondary N) is 2. The lowest BCUT2D eigenvalue weighted by atomic mass is 9.95. The monoisotopic (exact) mass is 797 g/mol. The molecule has 310 valence electrons. The number of hydrogen-bond donors (Lipinski definition) is 2. The number of nitrogens with zero attached hydrogens (tertiary/aromatic N) is 4. The van der Waals surface area contributed by atoms with Crippen LogP contribution in [0.2, 0.25) is 0 Å². The van der Waals surface area contributed by atoms with Crippen LogP contribution in [0.5, 0.6) is 0 Å². The number of piperidine rings is 2. The summed E-state index contributed by atoms with van der Waals surface area (Å²) < 4.78 is 0. The van der Waals surface area contributed by atoms with Crippen LogP contribution < -0.4 is 9.80 Å². The Morgan fingerprint density at radius 3 is 1.18 bits per heavy atom. The van der Waals surface area contributed by atoms with Crippen molar-refractivity contribution < 1.29 is 0 Å². The molecule has 0 amide bonds. The van der Waals surface area contributed by atoms with Crippen molar-refractivity contribution in [2.45, 2.75) is 120 Å². The fourth-order valence-corrected chi connectivity index (χ4v) is 10.9. The van der Waals surface area contributed by atoms with E-state index in [1.165, 1.54) is 117 Å². The normalized spacial score (nSPS) is 16.1. The summed E-state index contributed by atoms with van der Waals surface area (Å²) in [5, 5.41) is 0. The maximum Gasteiger partial charge on any atom is 0.0769 e. The van der Waals surface area contributed by atoms with Gasteiger partial charge in [-0.25, -0.2) is 9.97 Å². The van der Waals surface area contributed by atoms with E-state index in [4.69, 9.17) is 9.97 Å². The molecule has 0 saturated carbocycles. The van der Waals surface area contributed by atoms with Crippen LogP contribution in [0.1, 0.15) is 138 Å². The summed E-state index contributed by atoms with van der Waals surface area (Å²) in [6.45, 7) is 22.8. The Bertz CT molecular complexity index is 2490. The predicted molar refractivity (Wildman–Crippen MR) is 258 cm³/mol. The van der Waals surface area contributed by atoms with E-state index >= 15 is 0 Å². The standard InChI is InChI=1S/C54H64N6/c1-9-41-33(5)51-49(37-19-23-39(24-20-37)59-27-15-13-16-28-59)52-35(7)43(11-3)47(57-52)32-48-44(12-4)36(8)54(58-48)50(38-21-25-40(26-22-38)60-29-17-14-18-30-60)53-34(6)42(10-2)46(56-53)31-45(41)55-51/h19-26,31-32,55,58H,9-18,27-30H2,1-8H3. The second-order valence-electron chi connectivity index (χ2n) is 17.6. The molecule has 4 aliphatic rings. The maximum absolute atomic E-state index is 5.66. The van der Waals surface area contributed by atoms with Crippen molar-refractivity contribution >= 4 is 55.7 Å². The largest absolute Gasteiger partial charge is 0.372 e. The second kappa shape index (κ2) is 16.6. The molecule has 7 heterocycles. The molecule has 2 fully saturated rings. The molecule has 2 N–H and O–H groups in total. The Hall–Kier alpha value is -5.36. The molecule has 4 aliphatic heterocycles. The molecule has 9 rings (SSSR count). The topological polar surface area (TPSA) is 63.8 Å². The van der Waals surface area contributed by atoms with Crippen molar-refractivity contribution in [1.29, 1.82) is 0 Å². The molecular formula is C54H64N6. The Morgan fingerprint density at radius 2 is 0.850 bits per heavy atom. The lowest BCUT2D eigenvalue weighted by molar-refractivity contribution is 0.578. The van der Waals surface area contributed by atoms with Gasteiger partial charge in [-0.3, -0.25) is 0 Å². The molecule has 6 nitrogen and oxygen atoms in total. The van der Waals surface area contributed by atoms with Crippen LogP contribution in [0.3, 0.4) is 0 Å². The zero-order valence-electron chi connectivity index (χ0n) is 37.5. The number of benzene rings is 2. The van der Waals surface area contributed by atoms with Crippen molar-refractivity contribution in [2.75, 3.05) is 36.0 Å². The van der Waals surface area contributed by atoms with Crippen molar-refractivity contribution in [2.24, 2.45) is 0 Å². The van der Waals surface area contributed by atoms with Crippen molar-refractivity contribution in [1.82, 2.24) is 19.9 Å². The summed E-state index contributed by atoms with van der Waals surface area (Å²) in [6.07, 6.45) is 11.4. The van der Waals surface area contributed by atoms with Crippen LogP contribution in [0.4, 0.5) is 11.4 Å². The minimum Gasteiger partial charge on any atom is -0.372 e. The number of anilines is 2. The summed E-state index contributed by atoms with van der Waals surface area (Å²) in [5.74, 6) is 0. The zero-order valence-corrected chi connectivity index (χ0v) is 37.5. The van der Waals surface area contributed by atoms with E-state index in [0.29, 0.717) is 0 Å². The van der Waals surface area contributed by atoms with Gasteiger partial charge in [0, 0.05) is 59.7 Å². The molecule has 0 unspecified atom stereocenters. The van der Waals surface area contributed by atoms with Crippen LogP contribution in [0, 0.1) is 13.8 Å². The highest BCUT2D eigenvalue weighted by molar-refractivity contribution is 6.03. The molecule has 5 aromatic rings. The van der Waals surface area contributed by atoms with Gasteiger partial charge in [0.05, 0.1) is 33.8 Å². The minimum atomic E-state index is 0.905. The highest BCUT2D eigenvalue weighted by atomic mass is 15.1. The SMILES string of the molecule is CCC1=C(C)c2nc1cc1[nH]c(c(C)c1CC)c(-c1ccc(N3CCCCC3)cc1)c1nc(cc3[nH]c(c(C)c3CC)c2-c2ccc(N3CCCCC3)cc2)C(CC)=C1C. The van der Waals surface area contributed by atoms with Crippen LogP contribution in [0.25, 0.3) is 66.6 Å². The van der Waals surface area contributed by atoms with Gasteiger partial charge in [-0.15, -0.1) is 0 Å². The Labute approximate surface area is 357 Å². The number of aromatic amines is 2. The fraction of sp³-hybridized carbons (Fsp3) is 0.407. The van der Waals surface area contributed by atoms with Gasteiger partial charge in [0.25, 0.3) is 0 Å². The van der Waals surface area contributed by atoms with Gasteiger partial charge < -0.3 is 19.8 Å². The highest BCUT2D eigenvalue weighted by Crippen LogP contribution is 2.44. The number of aromatic nitrogens is 4. The molecule has 0 aliphatic carbocycles. The first-order valence-electron chi connectivity index (χ1n) is 23.1. The molecular weight excluding hydrogens is 733 g/mol. The van der Waals surface area contributed by atoms with Crippen LogP contribution >= 0.6 is 0 Å².